The number of furan rings is 1. The Morgan fingerprint density at radius 2 is 2.16 bits per heavy atom. The molecular formula is C22H20N4O6. The molecule has 0 radical (unpaired) electrons. The minimum atomic E-state index is -0.671. The molecule has 1 saturated carbocycles. The largest absolute Gasteiger partial charge is 0.497 e. The molecule has 1 aliphatic heterocycles. The summed E-state index contributed by atoms with van der Waals surface area (Å²) in [4.78, 5) is 36.0. The van der Waals surface area contributed by atoms with Gasteiger partial charge in [-0.1, -0.05) is 12.8 Å². The summed E-state index contributed by atoms with van der Waals surface area (Å²) in [5, 5.41) is 14.9. The predicted octanol–water partition coefficient (Wildman–Crippen LogP) is 3.49. The molecule has 3 aromatic rings. The van der Waals surface area contributed by atoms with Gasteiger partial charge >= 0.3 is 5.88 Å². The summed E-state index contributed by atoms with van der Waals surface area (Å²) in [5.41, 5.74) is 3.87. The van der Waals surface area contributed by atoms with E-state index in [1.807, 2.05) is 6.07 Å². The highest BCUT2D eigenvalue weighted by Crippen LogP contribution is 2.49. The second-order valence-electron chi connectivity index (χ2n) is 7.98. The average Bonchev–Trinajstić information content (AvgIpc) is 3.39. The zero-order valence-corrected chi connectivity index (χ0v) is 17.2. The van der Waals surface area contributed by atoms with Crippen LogP contribution in [0.1, 0.15) is 59.3 Å². The van der Waals surface area contributed by atoms with Gasteiger partial charge in [0.25, 0.3) is 5.91 Å². The van der Waals surface area contributed by atoms with E-state index in [2.05, 4.69) is 15.1 Å². The molecule has 0 bridgehead atoms. The number of nitrogens with zero attached hydrogens (tertiary/aromatic N) is 3. The number of nitrogens with one attached hydrogen (secondary N) is 1. The number of hydrogen-bond donors (Lipinski definition) is 1. The Labute approximate surface area is 181 Å². The van der Waals surface area contributed by atoms with Crippen LogP contribution < -0.4 is 15.6 Å². The van der Waals surface area contributed by atoms with Crippen molar-refractivity contribution in [3.63, 3.8) is 0 Å². The highest BCUT2D eigenvalue weighted by molar-refractivity contribution is 5.99. The van der Waals surface area contributed by atoms with Gasteiger partial charge in [-0.15, -0.1) is 0 Å². The van der Waals surface area contributed by atoms with Crippen LogP contribution in [0.3, 0.4) is 0 Å². The lowest BCUT2D eigenvalue weighted by Gasteiger charge is -2.27. The second-order valence-corrected chi connectivity index (χ2v) is 7.98. The lowest BCUT2D eigenvalue weighted by Crippen LogP contribution is -2.27. The summed E-state index contributed by atoms with van der Waals surface area (Å²) in [6.07, 6.45) is 7.01. The van der Waals surface area contributed by atoms with Gasteiger partial charge in [0.1, 0.15) is 16.2 Å². The van der Waals surface area contributed by atoms with Crippen molar-refractivity contribution < 1.29 is 18.9 Å². The number of methoxy groups -OCH3 is 1. The highest BCUT2D eigenvalue weighted by Gasteiger charge is 2.37. The van der Waals surface area contributed by atoms with E-state index in [1.165, 1.54) is 12.1 Å². The van der Waals surface area contributed by atoms with Gasteiger partial charge in [0, 0.05) is 18.2 Å². The van der Waals surface area contributed by atoms with Crippen LogP contribution in [0.25, 0.3) is 10.9 Å². The first-order chi connectivity index (χ1) is 15.5. The Kier molecular flexibility index (Phi) is 4.76. The fourth-order valence-corrected chi connectivity index (χ4v) is 4.85. The van der Waals surface area contributed by atoms with Crippen LogP contribution in [0, 0.1) is 10.1 Å². The minimum Gasteiger partial charge on any atom is -0.497 e. The Morgan fingerprint density at radius 1 is 1.34 bits per heavy atom. The summed E-state index contributed by atoms with van der Waals surface area (Å²) < 4.78 is 12.4. The third kappa shape index (κ3) is 3.15. The lowest BCUT2D eigenvalue weighted by molar-refractivity contribution is -0.402. The van der Waals surface area contributed by atoms with Crippen LogP contribution in [-0.2, 0) is 0 Å². The zero-order valence-electron chi connectivity index (χ0n) is 17.2. The molecule has 32 heavy (non-hydrogen) atoms. The fourth-order valence-electron chi connectivity index (χ4n) is 4.85. The number of ether oxygens (including phenoxy) is 1. The number of aromatic nitrogens is 1. The van der Waals surface area contributed by atoms with Crippen LogP contribution in [0.2, 0.25) is 0 Å². The van der Waals surface area contributed by atoms with Gasteiger partial charge in [-0.3, -0.25) is 19.7 Å². The maximum atomic E-state index is 13.2. The van der Waals surface area contributed by atoms with Crippen LogP contribution in [-0.4, -0.2) is 28.7 Å². The van der Waals surface area contributed by atoms with E-state index in [0.29, 0.717) is 17.1 Å². The van der Waals surface area contributed by atoms with Crippen molar-refractivity contribution in [1.82, 2.24) is 9.99 Å². The number of carbonyl (C=O) groups is 1. The van der Waals surface area contributed by atoms with Crippen molar-refractivity contribution in [2.45, 2.75) is 37.6 Å². The summed E-state index contributed by atoms with van der Waals surface area (Å²) in [6.45, 7) is 0. The first-order valence-electron chi connectivity index (χ1n) is 10.3. The number of rotatable bonds is 5. The molecule has 2 atom stereocenters. The molecule has 2 aliphatic rings. The van der Waals surface area contributed by atoms with Crippen LogP contribution in [0.4, 0.5) is 5.88 Å². The van der Waals surface area contributed by atoms with Gasteiger partial charge in [0.05, 0.1) is 30.3 Å². The molecule has 1 aliphatic carbocycles. The molecule has 1 amide bonds. The van der Waals surface area contributed by atoms with E-state index in [9.17, 15) is 19.7 Å². The molecule has 1 N–H and O–H groups in total. The Morgan fingerprint density at radius 3 is 2.91 bits per heavy atom. The Balaban J connectivity index is 1.51. The molecule has 0 spiro atoms. The molecule has 10 nitrogen and oxygen atoms in total. The van der Waals surface area contributed by atoms with E-state index in [4.69, 9.17) is 9.15 Å². The van der Waals surface area contributed by atoms with E-state index in [1.54, 1.807) is 19.4 Å². The first-order valence-corrected chi connectivity index (χ1v) is 10.3. The molecule has 1 aromatic carbocycles. The predicted molar refractivity (Wildman–Crippen MR) is 115 cm³/mol. The monoisotopic (exact) mass is 436 g/mol. The third-order valence-corrected chi connectivity index (χ3v) is 6.25. The molecule has 0 saturated heterocycles. The van der Waals surface area contributed by atoms with Crippen molar-refractivity contribution in [3.05, 3.63) is 67.7 Å². The Bertz CT molecular complexity index is 1340. The summed E-state index contributed by atoms with van der Waals surface area (Å²) in [5.74, 6) is -0.101. The van der Waals surface area contributed by atoms with Crippen molar-refractivity contribution >= 4 is 28.9 Å². The van der Waals surface area contributed by atoms with Crippen molar-refractivity contribution in [3.8, 4) is 5.75 Å². The third-order valence-electron chi connectivity index (χ3n) is 6.25. The van der Waals surface area contributed by atoms with Crippen LogP contribution in [0.5, 0.6) is 5.75 Å². The van der Waals surface area contributed by atoms with Gasteiger partial charge in [0.2, 0.25) is 5.43 Å². The van der Waals surface area contributed by atoms with E-state index >= 15 is 0 Å². The zero-order chi connectivity index (χ0) is 22.4. The number of fused-ring (bicyclic) bond motifs is 3. The molecular weight excluding hydrogens is 416 g/mol. The van der Waals surface area contributed by atoms with E-state index in [-0.39, 0.29) is 17.4 Å². The molecule has 2 aromatic heterocycles. The smallest absolute Gasteiger partial charge is 0.433 e. The average molecular weight is 436 g/mol. The lowest BCUT2D eigenvalue weighted by atomic mass is 9.82. The maximum Gasteiger partial charge on any atom is 0.433 e. The standard InChI is InChI=1S/C22H20N4O6/c1-31-13-8-15-14-4-2-3-5-18(14)25-11-17(21(27)16(9-13)20(15)25)22(28)24-23-10-12-6-7-19(32-12)26(29)30/h6-11,14,18H,2-5H2,1H3,(H,24,28)/b23-10+. The van der Waals surface area contributed by atoms with Gasteiger partial charge in [-0.2, -0.15) is 5.10 Å². The van der Waals surface area contributed by atoms with Gasteiger partial charge in [-0.05, 0) is 36.6 Å². The van der Waals surface area contributed by atoms with Crippen molar-refractivity contribution in [1.29, 1.82) is 0 Å². The number of carbonyl (C=O) groups excluding carboxylic acids is 1. The number of hydrogen-bond acceptors (Lipinski definition) is 7. The van der Waals surface area contributed by atoms with Gasteiger partial charge in [0.15, 0.2) is 5.76 Å². The topological polar surface area (TPSA) is 129 Å². The summed E-state index contributed by atoms with van der Waals surface area (Å²) in [7, 11) is 1.56. The molecule has 1 fully saturated rings. The first kappa shape index (κ1) is 20.0. The minimum absolute atomic E-state index is 0.0227. The molecule has 5 rings (SSSR count). The summed E-state index contributed by atoms with van der Waals surface area (Å²) in [6, 6.07) is 6.42. The SMILES string of the molecule is COc1cc2c3c(c1)c(=O)c(C(=O)N/N=C/c1ccc([N+](=O)[O-])o1)cn3C1CCCCC21. The number of benzene rings is 1. The van der Waals surface area contributed by atoms with Crippen LogP contribution >= 0.6 is 0 Å². The van der Waals surface area contributed by atoms with Crippen LogP contribution in [0.15, 0.2) is 44.8 Å². The molecule has 164 valence electrons. The summed E-state index contributed by atoms with van der Waals surface area (Å²) >= 11 is 0. The van der Waals surface area contributed by atoms with E-state index < -0.39 is 22.1 Å². The Hall–Kier alpha value is -3.95. The fraction of sp³-hybridized carbons (Fsp3) is 0.318. The number of amides is 1. The number of hydrazone groups is 1. The molecule has 3 heterocycles. The quantitative estimate of drug-likeness (QED) is 0.370. The maximum absolute atomic E-state index is 13.2. The number of pyridine rings is 1. The molecule has 2 unspecified atom stereocenters. The van der Waals surface area contributed by atoms with Gasteiger partial charge in [-0.25, -0.2) is 5.43 Å². The van der Waals surface area contributed by atoms with E-state index in [0.717, 1.165) is 43.0 Å². The second kappa shape index (κ2) is 7.63. The van der Waals surface area contributed by atoms with Crippen molar-refractivity contribution in [2.75, 3.05) is 7.11 Å². The van der Waals surface area contributed by atoms with Crippen molar-refractivity contribution in [2.24, 2.45) is 5.10 Å². The van der Waals surface area contributed by atoms with Gasteiger partial charge < -0.3 is 13.7 Å². The normalized spacial score (nSPS) is 19.3. The molecule has 10 heteroatoms. The highest BCUT2D eigenvalue weighted by atomic mass is 16.6. The number of nitro groups is 1.